The third-order valence-electron chi connectivity index (χ3n) is 4.79. The number of nitrogens with one attached hydrogen (secondary N) is 1. The summed E-state index contributed by atoms with van der Waals surface area (Å²) in [4.78, 5) is 40.6. The molecule has 0 unspecified atom stereocenters. The highest BCUT2D eigenvalue weighted by molar-refractivity contribution is 5.95. The number of hydrogen-bond acceptors (Lipinski definition) is 4. The zero-order valence-electron chi connectivity index (χ0n) is 11.6. The van der Waals surface area contributed by atoms with E-state index in [0.29, 0.717) is 19.7 Å². The number of aryl methyl sites for hydroxylation is 2. The lowest BCUT2D eigenvalue weighted by Gasteiger charge is -2.17. The Morgan fingerprint density at radius 1 is 1.29 bits per heavy atom. The molecule has 21 heavy (non-hydrogen) atoms. The molecule has 0 aromatic carbocycles. The number of ether oxygens (including phenoxy) is 1. The zero-order valence-corrected chi connectivity index (χ0v) is 11.6. The molecular formula is C15H16N2O4. The van der Waals surface area contributed by atoms with Gasteiger partial charge in [0.15, 0.2) is 0 Å². The van der Waals surface area contributed by atoms with Crippen molar-refractivity contribution in [2.45, 2.75) is 19.3 Å². The molecule has 1 aromatic heterocycles. The molecule has 110 valence electrons. The highest BCUT2D eigenvalue weighted by atomic mass is 16.5. The van der Waals surface area contributed by atoms with E-state index in [0.717, 1.165) is 30.5 Å². The van der Waals surface area contributed by atoms with Crippen molar-refractivity contribution in [2.75, 3.05) is 19.7 Å². The first-order valence-corrected chi connectivity index (χ1v) is 7.34. The van der Waals surface area contributed by atoms with Gasteiger partial charge in [-0.25, -0.2) is 0 Å². The Balaban J connectivity index is 1.61. The van der Waals surface area contributed by atoms with Crippen LogP contribution in [-0.4, -0.2) is 41.5 Å². The average molecular weight is 288 g/mol. The molecule has 3 aliphatic rings. The predicted octanol–water partition coefficient (Wildman–Crippen LogP) is 0.109. The van der Waals surface area contributed by atoms with Crippen LogP contribution in [0.25, 0.3) is 0 Å². The van der Waals surface area contributed by atoms with Gasteiger partial charge in [0.25, 0.3) is 11.5 Å². The van der Waals surface area contributed by atoms with Gasteiger partial charge in [0.05, 0.1) is 12.5 Å². The maximum atomic E-state index is 12.6. The number of rotatable bonds is 1. The van der Waals surface area contributed by atoms with Gasteiger partial charge in [-0.05, 0) is 30.9 Å². The van der Waals surface area contributed by atoms with E-state index in [4.69, 9.17) is 4.74 Å². The molecule has 2 saturated heterocycles. The first-order chi connectivity index (χ1) is 10.1. The monoisotopic (exact) mass is 288 g/mol. The number of aromatic amines is 1. The summed E-state index contributed by atoms with van der Waals surface area (Å²) in [6.07, 6.45) is 2.80. The van der Waals surface area contributed by atoms with E-state index in [1.54, 1.807) is 11.0 Å². The van der Waals surface area contributed by atoms with Gasteiger partial charge in [0.1, 0.15) is 5.56 Å². The summed E-state index contributed by atoms with van der Waals surface area (Å²) in [6, 6.07) is 1.73. The lowest BCUT2D eigenvalue weighted by atomic mass is 10.0. The maximum Gasteiger partial charge on any atom is 0.311 e. The van der Waals surface area contributed by atoms with Gasteiger partial charge < -0.3 is 14.6 Å². The largest absolute Gasteiger partial charge is 0.465 e. The normalized spacial score (nSPS) is 26.7. The number of nitrogens with zero attached hydrogens (tertiary/aromatic N) is 1. The molecule has 1 amide bonds. The molecule has 0 saturated carbocycles. The third-order valence-corrected chi connectivity index (χ3v) is 4.79. The second-order valence-electron chi connectivity index (χ2n) is 6.08. The van der Waals surface area contributed by atoms with Crippen LogP contribution in [0.15, 0.2) is 10.9 Å². The smallest absolute Gasteiger partial charge is 0.311 e. The van der Waals surface area contributed by atoms with E-state index < -0.39 is 0 Å². The van der Waals surface area contributed by atoms with Crippen molar-refractivity contribution >= 4 is 11.9 Å². The molecule has 1 N–H and O–H groups in total. The molecule has 1 aromatic rings. The van der Waals surface area contributed by atoms with Gasteiger partial charge in [-0.2, -0.15) is 0 Å². The van der Waals surface area contributed by atoms with Crippen molar-refractivity contribution in [3.63, 3.8) is 0 Å². The van der Waals surface area contributed by atoms with Crippen molar-refractivity contribution in [2.24, 2.45) is 11.8 Å². The number of H-pyrrole nitrogens is 1. The van der Waals surface area contributed by atoms with Gasteiger partial charge in [0.2, 0.25) is 0 Å². The quantitative estimate of drug-likeness (QED) is 0.744. The first kappa shape index (κ1) is 12.6. The van der Waals surface area contributed by atoms with Crippen LogP contribution in [0.1, 0.15) is 28.0 Å². The molecule has 6 nitrogen and oxygen atoms in total. The molecule has 2 fully saturated rings. The number of aromatic nitrogens is 1. The number of pyridine rings is 1. The van der Waals surface area contributed by atoms with Crippen LogP contribution in [0.5, 0.6) is 0 Å². The van der Waals surface area contributed by atoms with E-state index in [2.05, 4.69) is 4.98 Å². The molecule has 0 spiro atoms. The fourth-order valence-electron chi connectivity index (χ4n) is 3.61. The van der Waals surface area contributed by atoms with Crippen LogP contribution in [0, 0.1) is 11.8 Å². The van der Waals surface area contributed by atoms with Crippen molar-refractivity contribution in [1.29, 1.82) is 0 Å². The summed E-state index contributed by atoms with van der Waals surface area (Å²) in [5, 5.41) is 0. The maximum absolute atomic E-state index is 12.6. The number of amides is 1. The van der Waals surface area contributed by atoms with Gasteiger partial charge in [0, 0.05) is 24.7 Å². The number of likely N-dealkylation sites (tertiary alicyclic amines) is 1. The summed E-state index contributed by atoms with van der Waals surface area (Å²) in [5.41, 5.74) is 1.90. The summed E-state index contributed by atoms with van der Waals surface area (Å²) in [5.74, 6) is -0.635. The molecule has 2 atom stereocenters. The highest BCUT2D eigenvalue weighted by Gasteiger charge is 2.45. The Labute approximate surface area is 121 Å². The average Bonchev–Trinajstić information content (AvgIpc) is 3.14. The Bertz CT molecular complexity index is 693. The van der Waals surface area contributed by atoms with E-state index in [1.165, 1.54) is 0 Å². The fraction of sp³-hybridized carbons (Fsp3) is 0.533. The van der Waals surface area contributed by atoms with Crippen LogP contribution >= 0.6 is 0 Å². The van der Waals surface area contributed by atoms with E-state index >= 15 is 0 Å². The first-order valence-electron chi connectivity index (χ1n) is 7.34. The van der Waals surface area contributed by atoms with Crippen molar-refractivity contribution < 1.29 is 14.3 Å². The minimum Gasteiger partial charge on any atom is -0.465 e. The molecule has 6 heteroatoms. The Morgan fingerprint density at radius 2 is 2.14 bits per heavy atom. The molecule has 1 aliphatic carbocycles. The summed E-state index contributed by atoms with van der Waals surface area (Å²) in [7, 11) is 0. The molecule has 2 aliphatic heterocycles. The number of carbonyl (C=O) groups excluding carboxylic acids is 2. The van der Waals surface area contributed by atoms with Crippen molar-refractivity contribution in [3.05, 3.63) is 33.2 Å². The second-order valence-corrected chi connectivity index (χ2v) is 6.08. The van der Waals surface area contributed by atoms with E-state index in [-0.39, 0.29) is 34.8 Å². The summed E-state index contributed by atoms with van der Waals surface area (Å²) >= 11 is 0. The number of esters is 1. The topological polar surface area (TPSA) is 79.5 Å². The number of fused-ring (bicyclic) bond motifs is 2. The lowest BCUT2D eigenvalue weighted by Crippen LogP contribution is -2.35. The van der Waals surface area contributed by atoms with Crippen LogP contribution in [0.2, 0.25) is 0 Å². The van der Waals surface area contributed by atoms with Crippen molar-refractivity contribution in [3.8, 4) is 0 Å². The van der Waals surface area contributed by atoms with Gasteiger partial charge in [-0.1, -0.05) is 0 Å². The summed E-state index contributed by atoms with van der Waals surface area (Å²) < 4.78 is 4.99. The van der Waals surface area contributed by atoms with Crippen LogP contribution in [-0.2, 0) is 22.4 Å². The Kier molecular flexibility index (Phi) is 2.67. The highest BCUT2D eigenvalue weighted by Crippen LogP contribution is 2.31. The predicted molar refractivity (Wildman–Crippen MR) is 72.9 cm³/mol. The van der Waals surface area contributed by atoms with E-state index in [9.17, 15) is 14.4 Å². The molecule has 0 bridgehead atoms. The number of carbonyl (C=O) groups is 2. The van der Waals surface area contributed by atoms with Gasteiger partial charge >= 0.3 is 5.97 Å². The second kappa shape index (κ2) is 4.44. The standard InChI is InChI=1S/C15H16N2O4/c18-13-10(4-8-2-1-3-12(8)16-13)14(19)17-5-9-7-21-15(20)11(9)6-17/h4,9,11H,1-3,5-7H2,(H,16,18)/t9-,11-/m1/s1. The number of cyclic esters (lactones) is 1. The molecule has 3 heterocycles. The van der Waals surface area contributed by atoms with Gasteiger partial charge in [-0.3, -0.25) is 14.4 Å². The van der Waals surface area contributed by atoms with E-state index in [1.807, 2.05) is 0 Å². The zero-order chi connectivity index (χ0) is 14.6. The van der Waals surface area contributed by atoms with Crippen molar-refractivity contribution in [1.82, 2.24) is 9.88 Å². The van der Waals surface area contributed by atoms with Crippen LogP contribution in [0.3, 0.4) is 0 Å². The Hall–Kier alpha value is -2.11. The number of hydrogen-bond donors (Lipinski definition) is 1. The van der Waals surface area contributed by atoms with Gasteiger partial charge in [-0.15, -0.1) is 0 Å². The Morgan fingerprint density at radius 3 is 2.95 bits per heavy atom. The molecule has 4 rings (SSSR count). The molecular weight excluding hydrogens is 272 g/mol. The molecule has 0 radical (unpaired) electrons. The fourth-order valence-corrected chi connectivity index (χ4v) is 3.61. The van der Waals surface area contributed by atoms with Crippen LogP contribution < -0.4 is 5.56 Å². The SMILES string of the molecule is O=C1OC[C@H]2CN(C(=O)c3cc4c([nH]c3=O)CCC4)C[C@@H]12. The van der Waals surface area contributed by atoms with Crippen LogP contribution in [0.4, 0.5) is 0 Å². The lowest BCUT2D eigenvalue weighted by molar-refractivity contribution is -0.141. The minimum atomic E-state index is -0.319. The minimum absolute atomic E-state index is 0.0787. The third kappa shape index (κ3) is 1.89. The summed E-state index contributed by atoms with van der Waals surface area (Å²) in [6.45, 7) is 1.23.